The molecule has 0 radical (unpaired) electrons. The number of nitrogens with zero attached hydrogens (tertiary/aromatic N) is 1. The average Bonchev–Trinajstić information content (AvgIpc) is 2.49. The van der Waals surface area contributed by atoms with Gasteiger partial charge < -0.3 is 4.74 Å². The molecule has 2 rings (SSSR count). The van der Waals surface area contributed by atoms with E-state index in [-0.39, 0.29) is 5.78 Å². The van der Waals surface area contributed by atoms with Gasteiger partial charge in [0.1, 0.15) is 5.41 Å². The number of hydrogen-bond donors (Lipinski definition) is 0. The number of nitriles is 1. The van der Waals surface area contributed by atoms with Crippen LogP contribution in [0.3, 0.4) is 0 Å². The van der Waals surface area contributed by atoms with Crippen LogP contribution < -0.4 is 0 Å². The third-order valence-corrected chi connectivity index (χ3v) is 3.96. The van der Waals surface area contributed by atoms with Gasteiger partial charge in [0.25, 0.3) is 0 Å². The largest absolute Gasteiger partial charge is 0.468 e. The van der Waals surface area contributed by atoms with Gasteiger partial charge in [0.15, 0.2) is 5.78 Å². The normalized spacial score (nSPS) is 22.1. The number of ketones is 1. The number of ether oxygens (including phenoxy) is 1. The zero-order valence-corrected chi connectivity index (χ0v) is 11.5. The summed E-state index contributed by atoms with van der Waals surface area (Å²) in [6.07, 6.45) is 3.02. The summed E-state index contributed by atoms with van der Waals surface area (Å²) in [6.45, 7) is 0. The fourth-order valence-electron chi connectivity index (χ4n) is 2.81. The lowest BCUT2D eigenvalue weighted by molar-refractivity contribution is -0.160. The van der Waals surface area contributed by atoms with Crippen molar-refractivity contribution in [1.82, 2.24) is 0 Å². The van der Waals surface area contributed by atoms with E-state index in [0.717, 1.165) is 18.4 Å². The molecule has 4 nitrogen and oxygen atoms in total. The molecule has 0 N–H and O–H groups in total. The zero-order chi connectivity index (χ0) is 14.6. The smallest absolute Gasteiger partial charge is 0.319 e. The maximum Gasteiger partial charge on any atom is 0.319 e. The third kappa shape index (κ3) is 2.57. The second-order valence-corrected chi connectivity index (χ2v) is 5.19. The molecule has 1 fully saturated rings. The Morgan fingerprint density at radius 1 is 1.35 bits per heavy atom. The minimum Gasteiger partial charge on any atom is -0.468 e. The molecule has 1 saturated carbocycles. The molecule has 1 aliphatic rings. The monoisotopic (exact) mass is 271 g/mol. The first kappa shape index (κ1) is 14.3. The Bertz CT molecular complexity index is 546. The van der Waals surface area contributed by atoms with Crippen molar-refractivity contribution in [2.75, 3.05) is 7.11 Å². The highest BCUT2D eigenvalue weighted by molar-refractivity contribution is 6.04. The predicted molar refractivity (Wildman–Crippen MR) is 72.8 cm³/mol. The molecule has 0 amide bonds. The summed E-state index contributed by atoms with van der Waals surface area (Å²) < 4.78 is 4.87. The van der Waals surface area contributed by atoms with Crippen LogP contribution in [0.4, 0.5) is 0 Å². The van der Waals surface area contributed by atoms with Crippen LogP contribution in [0.1, 0.15) is 36.8 Å². The van der Waals surface area contributed by atoms with E-state index in [1.807, 2.05) is 0 Å². The number of rotatable bonds is 3. The Hall–Kier alpha value is -2.15. The van der Waals surface area contributed by atoms with Crippen molar-refractivity contribution >= 4 is 11.8 Å². The van der Waals surface area contributed by atoms with E-state index < -0.39 is 11.4 Å². The van der Waals surface area contributed by atoms with E-state index in [1.54, 1.807) is 24.3 Å². The minimum absolute atomic E-state index is 0.0278. The zero-order valence-electron chi connectivity index (χ0n) is 11.5. The number of benzene rings is 1. The molecule has 1 atom stereocenters. The molecule has 0 spiro atoms. The van der Waals surface area contributed by atoms with Crippen LogP contribution in [0.5, 0.6) is 0 Å². The van der Waals surface area contributed by atoms with Gasteiger partial charge in [-0.2, -0.15) is 5.26 Å². The average molecular weight is 271 g/mol. The number of carbonyl (C=O) groups excluding carboxylic acids is 2. The number of hydrogen-bond acceptors (Lipinski definition) is 4. The Morgan fingerprint density at radius 2 is 2.05 bits per heavy atom. The van der Waals surface area contributed by atoms with Gasteiger partial charge >= 0.3 is 5.97 Å². The number of methoxy groups -OCH3 is 1. The van der Waals surface area contributed by atoms with Crippen LogP contribution in [0, 0.1) is 16.7 Å². The SMILES string of the molecule is COC(=O)C1(Cc2ccc(C#N)cc2)CCCCC1=O. The lowest BCUT2D eigenvalue weighted by Crippen LogP contribution is -2.44. The van der Waals surface area contributed by atoms with Crippen molar-refractivity contribution in [3.8, 4) is 6.07 Å². The van der Waals surface area contributed by atoms with Crippen molar-refractivity contribution < 1.29 is 14.3 Å². The molecule has 0 aromatic heterocycles. The molecule has 1 aromatic rings. The standard InChI is InChI=1S/C16H17NO3/c1-20-15(19)16(9-3-2-4-14(16)18)10-12-5-7-13(11-17)8-6-12/h5-8H,2-4,9-10H2,1H3. The van der Waals surface area contributed by atoms with E-state index in [4.69, 9.17) is 10.00 Å². The first-order valence-corrected chi connectivity index (χ1v) is 6.73. The van der Waals surface area contributed by atoms with Crippen LogP contribution in [0.15, 0.2) is 24.3 Å². The Kier molecular flexibility index (Phi) is 4.19. The van der Waals surface area contributed by atoms with Gasteiger partial charge in [-0.05, 0) is 37.0 Å². The summed E-state index contributed by atoms with van der Waals surface area (Å²) in [5.41, 5.74) is 0.404. The fourth-order valence-corrected chi connectivity index (χ4v) is 2.81. The van der Waals surface area contributed by atoms with Gasteiger partial charge in [0, 0.05) is 6.42 Å². The summed E-state index contributed by atoms with van der Waals surface area (Å²) in [7, 11) is 1.32. The molecule has 0 aliphatic heterocycles. The van der Waals surface area contributed by atoms with Gasteiger partial charge in [-0.3, -0.25) is 9.59 Å². The van der Waals surface area contributed by atoms with E-state index >= 15 is 0 Å². The first-order valence-electron chi connectivity index (χ1n) is 6.73. The molecule has 1 unspecified atom stereocenters. The second-order valence-electron chi connectivity index (χ2n) is 5.19. The first-order chi connectivity index (χ1) is 9.62. The van der Waals surface area contributed by atoms with E-state index in [0.29, 0.717) is 24.8 Å². The maximum absolute atomic E-state index is 12.3. The van der Waals surface area contributed by atoms with E-state index in [2.05, 4.69) is 6.07 Å². The summed E-state index contributed by atoms with van der Waals surface area (Å²) >= 11 is 0. The highest BCUT2D eigenvalue weighted by Crippen LogP contribution is 2.37. The van der Waals surface area contributed by atoms with Gasteiger partial charge in [0.05, 0.1) is 18.7 Å². The van der Waals surface area contributed by atoms with Crippen molar-refractivity contribution in [3.63, 3.8) is 0 Å². The second kappa shape index (κ2) is 5.87. The molecule has 20 heavy (non-hydrogen) atoms. The highest BCUT2D eigenvalue weighted by atomic mass is 16.5. The molecule has 4 heteroatoms. The number of carbonyl (C=O) groups is 2. The maximum atomic E-state index is 12.3. The lowest BCUT2D eigenvalue weighted by Gasteiger charge is -2.33. The quantitative estimate of drug-likeness (QED) is 0.625. The Morgan fingerprint density at radius 3 is 2.60 bits per heavy atom. The molecule has 1 aliphatic carbocycles. The van der Waals surface area contributed by atoms with Crippen LogP contribution in [0.2, 0.25) is 0 Å². The van der Waals surface area contributed by atoms with Gasteiger partial charge in [-0.15, -0.1) is 0 Å². The summed E-state index contributed by atoms with van der Waals surface area (Å²) in [4.78, 5) is 24.4. The number of Topliss-reactive ketones (excluding diaryl/α,β-unsaturated/α-hetero) is 1. The summed E-state index contributed by atoms with van der Waals surface area (Å²) in [6, 6.07) is 9.05. The van der Waals surface area contributed by atoms with Crippen molar-refractivity contribution in [1.29, 1.82) is 5.26 Å². The Labute approximate surface area is 118 Å². The lowest BCUT2D eigenvalue weighted by atomic mass is 9.69. The fraction of sp³-hybridized carbons (Fsp3) is 0.438. The van der Waals surface area contributed by atoms with E-state index in [1.165, 1.54) is 7.11 Å². The van der Waals surface area contributed by atoms with Crippen molar-refractivity contribution in [3.05, 3.63) is 35.4 Å². The van der Waals surface area contributed by atoms with Crippen LogP contribution >= 0.6 is 0 Å². The van der Waals surface area contributed by atoms with Crippen molar-refractivity contribution in [2.45, 2.75) is 32.1 Å². The van der Waals surface area contributed by atoms with Crippen molar-refractivity contribution in [2.24, 2.45) is 5.41 Å². The van der Waals surface area contributed by atoms with E-state index in [9.17, 15) is 9.59 Å². The molecular weight excluding hydrogens is 254 g/mol. The highest BCUT2D eigenvalue weighted by Gasteiger charge is 2.47. The molecule has 0 saturated heterocycles. The molecular formula is C16H17NO3. The molecule has 0 heterocycles. The third-order valence-electron chi connectivity index (χ3n) is 3.96. The van der Waals surface area contributed by atoms with Gasteiger partial charge in [0.2, 0.25) is 0 Å². The van der Waals surface area contributed by atoms with Gasteiger partial charge in [-0.1, -0.05) is 18.6 Å². The van der Waals surface area contributed by atoms with Crippen LogP contribution in [0.25, 0.3) is 0 Å². The molecule has 1 aromatic carbocycles. The predicted octanol–water partition coefficient (Wildman–Crippen LogP) is 2.40. The van der Waals surface area contributed by atoms with Crippen LogP contribution in [-0.2, 0) is 20.7 Å². The topological polar surface area (TPSA) is 67.2 Å². The molecule has 104 valence electrons. The number of esters is 1. The van der Waals surface area contributed by atoms with Crippen LogP contribution in [-0.4, -0.2) is 18.9 Å². The van der Waals surface area contributed by atoms with Gasteiger partial charge in [-0.25, -0.2) is 0 Å². The molecule has 0 bridgehead atoms. The summed E-state index contributed by atoms with van der Waals surface area (Å²) in [5, 5.41) is 8.79. The Balaban J connectivity index is 2.30. The minimum atomic E-state index is -1.04. The summed E-state index contributed by atoms with van der Waals surface area (Å²) in [5.74, 6) is -0.466.